The Morgan fingerprint density at radius 2 is 1.92 bits per heavy atom. The van der Waals surface area contributed by atoms with Crippen LogP contribution >= 0.6 is 22.9 Å². The number of anilines is 1. The number of aromatic nitrogens is 1. The number of benzene rings is 2. The van der Waals surface area contributed by atoms with Crippen LogP contribution in [0.25, 0.3) is 10.2 Å². The Labute approximate surface area is 148 Å². The minimum absolute atomic E-state index is 0.0490. The van der Waals surface area contributed by atoms with E-state index >= 15 is 0 Å². The molecule has 0 fully saturated rings. The third-order valence-electron chi connectivity index (χ3n) is 3.47. The molecule has 3 aromatic rings. The van der Waals surface area contributed by atoms with Gasteiger partial charge in [0.05, 0.1) is 25.7 Å². The number of sulfone groups is 1. The number of halogens is 1. The summed E-state index contributed by atoms with van der Waals surface area (Å²) in [7, 11) is -1.84. The highest BCUT2D eigenvalue weighted by Gasteiger charge is 2.21. The molecule has 5 nitrogen and oxygen atoms in total. The van der Waals surface area contributed by atoms with Gasteiger partial charge in [-0.3, -0.25) is 9.69 Å². The van der Waals surface area contributed by atoms with Crippen LogP contribution in [0.2, 0.25) is 5.02 Å². The number of rotatable bonds is 3. The molecular formula is C16H13ClN2O3S2. The Hall–Kier alpha value is -1.96. The van der Waals surface area contributed by atoms with Crippen LogP contribution in [0.3, 0.4) is 0 Å². The second-order valence-electron chi connectivity index (χ2n) is 5.24. The molecule has 0 bridgehead atoms. The van der Waals surface area contributed by atoms with Crippen molar-refractivity contribution in [3.63, 3.8) is 0 Å². The summed E-state index contributed by atoms with van der Waals surface area (Å²) >= 11 is 7.47. The van der Waals surface area contributed by atoms with E-state index in [9.17, 15) is 13.2 Å². The van der Waals surface area contributed by atoms with Crippen molar-refractivity contribution in [3.05, 3.63) is 53.1 Å². The zero-order valence-electron chi connectivity index (χ0n) is 12.9. The number of amides is 1. The molecule has 0 saturated carbocycles. The summed E-state index contributed by atoms with van der Waals surface area (Å²) in [5, 5.41) is 0.711. The predicted octanol–water partition coefficient (Wildman–Crippen LogP) is 3.63. The van der Waals surface area contributed by atoms with Crippen LogP contribution in [0.15, 0.2) is 47.4 Å². The largest absolute Gasteiger partial charge is 0.287 e. The molecule has 124 valence electrons. The molecule has 0 spiro atoms. The maximum atomic E-state index is 12.7. The Bertz CT molecular complexity index is 1010. The Kier molecular flexibility index (Phi) is 4.33. The van der Waals surface area contributed by atoms with E-state index in [-0.39, 0.29) is 15.5 Å². The lowest BCUT2D eigenvalue weighted by Gasteiger charge is -2.15. The van der Waals surface area contributed by atoms with Gasteiger partial charge in [-0.25, -0.2) is 13.4 Å². The molecule has 0 saturated heterocycles. The van der Waals surface area contributed by atoms with Crippen LogP contribution in [0, 0.1) is 0 Å². The molecule has 0 unspecified atom stereocenters. The number of hydrogen-bond acceptors (Lipinski definition) is 5. The first-order valence-electron chi connectivity index (χ1n) is 6.90. The maximum Gasteiger partial charge on any atom is 0.261 e. The summed E-state index contributed by atoms with van der Waals surface area (Å²) in [6, 6.07) is 11.7. The second-order valence-corrected chi connectivity index (χ2v) is 8.67. The number of hydrogen-bond donors (Lipinski definition) is 0. The summed E-state index contributed by atoms with van der Waals surface area (Å²) in [4.78, 5) is 18.6. The molecule has 0 aliphatic carbocycles. The van der Waals surface area contributed by atoms with Gasteiger partial charge in [0.15, 0.2) is 15.0 Å². The summed E-state index contributed by atoms with van der Waals surface area (Å²) in [5.74, 6) is -0.412. The number of para-hydroxylation sites is 1. The molecule has 0 N–H and O–H groups in total. The first kappa shape index (κ1) is 16.9. The molecule has 1 amide bonds. The Morgan fingerprint density at radius 3 is 2.58 bits per heavy atom. The highest BCUT2D eigenvalue weighted by Crippen LogP contribution is 2.30. The van der Waals surface area contributed by atoms with Crippen molar-refractivity contribution in [1.29, 1.82) is 0 Å². The van der Waals surface area contributed by atoms with Crippen molar-refractivity contribution >= 4 is 54.0 Å². The third-order valence-corrected chi connectivity index (χ3v) is 6.02. The number of carbonyl (C=O) groups is 1. The highest BCUT2D eigenvalue weighted by atomic mass is 35.5. The molecule has 0 aliphatic heterocycles. The number of carbonyl (C=O) groups excluding carboxylic acids is 1. The van der Waals surface area contributed by atoms with Crippen molar-refractivity contribution in [2.24, 2.45) is 0 Å². The molecule has 8 heteroatoms. The molecule has 1 aromatic heterocycles. The zero-order chi connectivity index (χ0) is 17.5. The van der Waals surface area contributed by atoms with Crippen LogP contribution in [0.1, 0.15) is 10.4 Å². The first-order valence-corrected chi connectivity index (χ1v) is 9.99. The van der Waals surface area contributed by atoms with Gasteiger partial charge in [0.1, 0.15) is 0 Å². The van der Waals surface area contributed by atoms with Gasteiger partial charge in [0, 0.05) is 13.3 Å². The van der Waals surface area contributed by atoms with E-state index in [2.05, 4.69) is 4.98 Å². The van der Waals surface area contributed by atoms with Crippen LogP contribution in [0.4, 0.5) is 5.13 Å². The monoisotopic (exact) mass is 380 g/mol. The van der Waals surface area contributed by atoms with Gasteiger partial charge < -0.3 is 0 Å². The van der Waals surface area contributed by atoms with Gasteiger partial charge in [-0.2, -0.15) is 0 Å². The summed E-state index contributed by atoms with van der Waals surface area (Å²) in [6.45, 7) is 0. The Morgan fingerprint density at radius 1 is 1.21 bits per heavy atom. The van der Waals surface area contributed by atoms with Gasteiger partial charge >= 0.3 is 0 Å². The van der Waals surface area contributed by atoms with Crippen LogP contribution in [-0.4, -0.2) is 32.6 Å². The zero-order valence-corrected chi connectivity index (χ0v) is 15.2. The molecule has 0 atom stereocenters. The SMILES string of the molecule is CN(C(=O)c1cc(S(C)(=O)=O)ccc1Cl)c1nc2ccccc2s1. The Balaban J connectivity index is 2.02. The second kappa shape index (κ2) is 6.16. The number of thiazole rings is 1. The van der Waals surface area contributed by atoms with Crippen LogP contribution in [-0.2, 0) is 9.84 Å². The van der Waals surface area contributed by atoms with E-state index in [1.807, 2.05) is 24.3 Å². The van der Waals surface area contributed by atoms with Crippen molar-refractivity contribution in [1.82, 2.24) is 4.98 Å². The maximum absolute atomic E-state index is 12.7. The summed E-state index contributed by atoms with van der Waals surface area (Å²) in [5.41, 5.74) is 0.925. The lowest BCUT2D eigenvalue weighted by atomic mass is 10.2. The quantitative estimate of drug-likeness (QED) is 0.695. The van der Waals surface area contributed by atoms with Gasteiger partial charge in [-0.05, 0) is 30.3 Å². The third kappa shape index (κ3) is 3.15. The van der Waals surface area contributed by atoms with E-state index in [0.29, 0.717) is 5.13 Å². The highest BCUT2D eigenvalue weighted by molar-refractivity contribution is 7.90. The molecule has 0 radical (unpaired) electrons. The minimum atomic E-state index is -3.43. The number of fused-ring (bicyclic) bond motifs is 1. The van der Waals surface area contributed by atoms with E-state index in [0.717, 1.165) is 16.5 Å². The fourth-order valence-electron chi connectivity index (χ4n) is 2.17. The fraction of sp³-hybridized carbons (Fsp3) is 0.125. The van der Waals surface area contributed by atoms with Crippen molar-refractivity contribution in [3.8, 4) is 0 Å². The van der Waals surface area contributed by atoms with Gasteiger partial charge in [-0.15, -0.1) is 0 Å². The van der Waals surface area contributed by atoms with E-state index in [1.165, 1.54) is 34.4 Å². The van der Waals surface area contributed by atoms with Crippen molar-refractivity contribution in [2.45, 2.75) is 4.90 Å². The molecule has 0 aliphatic rings. The van der Waals surface area contributed by atoms with Gasteiger partial charge in [0.2, 0.25) is 0 Å². The lowest BCUT2D eigenvalue weighted by molar-refractivity contribution is 0.0993. The van der Waals surface area contributed by atoms with E-state index < -0.39 is 15.7 Å². The van der Waals surface area contributed by atoms with Gasteiger partial charge in [0.25, 0.3) is 5.91 Å². The molecule has 2 aromatic carbocycles. The average Bonchev–Trinajstić information content (AvgIpc) is 2.96. The van der Waals surface area contributed by atoms with Crippen LogP contribution < -0.4 is 4.90 Å². The van der Waals surface area contributed by atoms with Gasteiger partial charge in [-0.1, -0.05) is 35.1 Å². The average molecular weight is 381 g/mol. The predicted molar refractivity (Wildman–Crippen MR) is 96.9 cm³/mol. The molecule has 1 heterocycles. The molecule has 24 heavy (non-hydrogen) atoms. The fourth-order valence-corrected chi connectivity index (χ4v) is 3.94. The normalized spacial score (nSPS) is 11.6. The summed E-state index contributed by atoms with van der Waals surface area (Å²) < 4.78 is 24.4. The molecular weight excluding hydrogens is 368 g/mol. The smallest absolute Gasteiger partial charge is 0.261 e. The summed E-state index contributed by atoms with van der Waals surface area (Å²) in [6.07, 6.45) is 1.09. The minimum Gasteiger partial charge on any atom is -0.287 e. The number of nitrogens with zero attached hydrogens (tertiary/aromatic N) is 2. The standard InChI is InChI=1S/C16H13ClN2O3S2/c1-19(16-18-13-5-3-4-6-14(13)23-16)15(20)11-9-10(24(2,21)22)7-8-12(11)17/h3-9H,1-2H3. The topological polar surface area (TPSA) is 67.3 Å². The first-order chi connectivity index (χ1) is 11.3. The van der Waals surface area contributed by atoms with Crippen molar-refractivity contribution in [2.75, 3.05) is 18.2 Å². The van der Waals surface area contributed by atoms with E-state index in [4.69, 9.17) is 11.6 Å². The van der Waals surface area contributed by atoms with Crippen molar-refractivity contribution < 1.29 is 13.2 Å². The molecule has 3 rings (SSSR count). The lowest BCUT2D eigenvalue weighted by Crippen LogP contribution is -2.26. The van der Waals surface area contributed by atoms with Crippen LogP contribution in [0.5, 0.6) is 0 Å². The van der Waals surface area contributed by atoms with E-state index in [1.54, 1.807) is 7.05 Å².